The van der Waals surface area contributed by atoms with E-state index in [9.17, 15) is 5.11 Å². The van der Waals surface area contributed by atoms with E-state index in [1.54, 1.807) is 0 Å². The zero-order valence-electron chi connectivity index (χ0n) is 15.0. The van der Waals surface area contributed by atoms with Gasteiger partial charge in [0.05, 0.1) is 19.3 Å². The van der Waals surface area contributed by atoms with Crippen molar-refractivity contribution in [3.8, 4) is 0 Å². The molecule has 1 saturated carbocycles. The first-order valence-corrected chi connectivity index (χ1v) is 9.19. The van der Waals surface area contributed by atoms with Crippen LogP contribution in [-0.4, -0.2) is 34.6 Å². The summed E-state index contributed by atoms with van der Waals surface area (Å²) in [6, 6.07) is 0. The average molecular weight is 322 g/mol. The van der Waals surface area contributed by atoms with Crippen LogP contribution in [0, 0.1) is 23.2 Å². The van der Waals surface area contributed by atoms with E-state index in [0.717, 1.165) is 36.8 Å². The largest absolute Gasteiger partial charge is 0.392 e. The van der Waals surface area contributed by atoms with Crippen LogP contribution in [0.2, 0.25) is 0 Å². The molecule has 0 amide bonds. The Morgan fingerprint density at radius 1 is 1.35 bits per heavy atom. The third-order valence-corrected chi connectivity index (χ3v) is 6.68. The third kappa shape index (κ3) is 3.89. The average Bonchev–Trinajstić information content (AvgIpc) is 2.84. The van der Waals surface area contributed by atoms with E-state index >= 15 is 0 Å². The van der Waals surface area contributed by atoms with Crippen molar-refractivity contribution >= 4 is 0 Å². The zero-order chi connectivity index (χ0) is 17.0. The SMILES string of the molecule is CC1=CCC2(CC1O)C(C)CCC2C(C)CCC=C(CO)CO. The summed E-state index contributed by atoms with van der Waals surface area (Å²) in [6.45, 7) is 6.65. The predicted octanol–water partition coefficient (Wildman–Crippen LogP) is 3.45. The van der Waals surface area contributed by atoms with Crippen LogP contribution >= 0.6 is 0 Å². The van der Waals surface area contributed by atoms with Gasteiger partial charge in [0.1, 0.15) is 0 Å². The molecule has 2 aliphatic carbocycles. The van der Waals surface area contributed by atoms with Gasteiger partial charge in [0.2, 0.25) is 0 Å². The van der Waals surface area contributed by atoms with Crippen LogP contribution in [0.4, 0.5) is 0 Å². The lowest BCUT2D eigenvalue weighted by molar-refractivity contribution is 0.0280. The molecule has 3 N–H and O–H groups in total. The first-order chi connectivity index (χ1) is 10.9. The Kier molecular flexibility index (Phi) is 6.47. The highest BCUT2D eigenvalue weighted by molar-refractivity contribution is 5.16. The van der Waals surface area contributed by atoms with Gasteiger partial charge in [-0.3, -0.25) is 0 Å². The van der Waals surface area contributed by atoms with E-state index in [2.05, 4.69) is 19.9 Å². The molecular formula is C20H34O3. The molecule has 0 bridgehead atoms. The second-order valence-electron chi connectivity index (χ2n) is 7.92. The van der Waals surface area contributed by atoms with Gasteiger partial charge in [-0.05, 0) is 79.8 Å². The Hall–Kier alpha value is -0.640. The summed E-state index contributed by atoms with van der Waals surface area (Å²) in [7, 11) is 0. The van der Waals surface area contributed by atoms with E-state index in [1.165, 1.54) is 12.8 Å². The molecule has 0 heterocycles. The fourth-order valence-electron chi connectivity index (χ4n) is 4.95. The van der Waals surface area contributed by atoms with Crippen LogP contribution in [0.1, 0.15) is 59.3 Å². The van der Waals surface area contributed by atoms with Gasteiger partial charge in [-0.2, -0.15) is 0 Å². The molecule has 0 aromatic heterocycles. The highest BCUT2D eigenvalue weighted by Crippen LogP contribution is 2.58. The molecule has 0 saturated heterocycles. The van der Waals surface area contributed by atoms with Gasteiger partial charge in [0, 0.05) is 0 Å². The fourth-order valence-corrected chi connectivity index (χ4v) is 4.95. The van der Waals surface area contributed by atoms with Crippen molar-refractivity contribution in [2.45, 2.75) is 65.4 Å². The Morgan fingerprint density at radius 2 is 2.04 bits per heavy atom. The number of allylic oxidation sites excluding steroid dienone is 2. The summed E-state index contributed by atoms with van der Waals surface area (Å²) in [5, 5.41) is 28.7. The molecule has 0 radical (unpaired) electrons. The molecular weight excluding hydrogens is 288 g/mol. The predicted molar refractivity (Wildman–Crippen MR) is 94.0 cm³/mol. The highest BCUT2D eigenvalue weighted by atomic mass is 16.3. The molecule has 1 spiro atoms. The van der Waals surface area contributed by atoms with Crippen LogP contribution in [0.3, 0.4) is 0 Å². The van der Waals surface area contributed by atoms with Gasteiger partial charge in [-0.1, -0.05) is 26.0 Å². The van der Waals surface area contributed by atoms with Crippen LogP contribution in [-0.2, 0) is 0 Å². The minimum atomic E-state index is -0.269. The van der Waals surface area contributed by atoms with Crippen molar-refractivity contribution in [3.05, 3.63) is 23.3 Å². The van der Waals surface area contributed by atoms with Crippen molar-refractivity contribution in [1.29, 1.82) is 0 Å². The third-order valence-electron chi connectivity index (χ3n) is 6.68. The summed E-state index contributed by atoms with van der Waals surface area (Å²) in [5.74, 6) is 1.94. The van der Waals surface area contributed by atoms with Gasteiger partial charge in [0.25, 0.3) is 0 Å². The maximum atomic E-state index is 10.4. The molecule has 0 aromatic carbocycles. The summed E-state index contributed by atoms with van der Waals surface area (Å²) in [6.07, 6.45) is 10.5. The molecule has 3 heteroatoms. The first kappa shape index (κ1) is 18.7. The maximum absolute atomic E-state index is 10.4. The van der Waals surface area contributed by atoms with E-state index in [-0.39, 0.29) is 24.7 Å². The van der Waals surface area contributed by atoms with Crippen LogP contribution in [0.15, 0.2) is 23.3 Å². The maximum Gasteiger partial charge on any atom is 0.0753 e. The Morgan fingerprint density at radius 3 is 2.65 bits per heavy atom. The molecule has 1 fully saturated rings. The van der Waals surface area contributed by atoms with Gasteiger partial charge in [-0.25, -0.2) is 0 Å². The normalized spacial score (nSPS) is 35.2. The summed E-state index contributed by atoms with van der Waals surface area (Å²) in [5.41, 5.74) is 2.12. The molecule has 132 valence electrons. The summed E-state index contributed by atoms with van der Waals surface area (Å²) < 4.78 is 0. The molecule has 2 aliphatic rings. The Labute approximate surface area is 141 Å². The van der Waals surface area contributed by atoms with Crippen LogP contribution in [0.25, 0.3) is 0 Å². The Balaban J connectivity index is 2.04. The van der Waals surface area contributed by atoms with Crippen molar-refractivity contribution in [2.75, 3.05) is 13.2 Å². The molecule has 3 nitrogen and oxygen atoms in total. The monoisotopic (exact) mass is 322 g/mol. The van der Waals surface area contributed by atoms with E-state index < -0.39 is 0 Å². The van der Waals surface area contributed by atoms with Crippen molar-refractivity contribution < 1.29 is 15.3 Å². The number of rotatable bonds is 6. The van der Waals surface area contributed by atoms with Crippen molar-refractivity contribution in [1.82, 2.24) is 0 Å². The van der Waals surface area contributed by atoms with Crippen molar-refractivity contribution in [3.63, 3.8) is 0 Å². The molecule has 0 aromatic rings. The minimum absolute atomic E-state index is 0.0501. The molecule has 2 rings (SSSR count). The number of aliphatic hydroxyl groups excluding tert-OH is 3. The van der Waals surface area contributed by atoms with E-state index in [1.807, 2.05) is 13.0 Å². The molecule has 5 unspecified atom stereocenters. The van der Waals surface area contributed by atoms with E-state index in [4.69, 9.17) is 10.2 Å². The smallest absolute Gasteiger partial charge is 0.0753 e. The quantitative estimate of drug-likeness (QED) is 0.656. The molecule has 5 atom stereocenters. The minimum Gasteiger partial charge on any atom is -0.392 e. The summed E-state index contributed by atoms with van der Waals surface area (Å²) >= 11 is 0. The summed E-state index contributed by atoms with van der Waals surface area (Å²) in [4.78, 5) is 0. The Bertz CT molecular complexity index is 448. The topological polar surface area (TPSA) is 60.7 Å². The van der Waals surface area contributed by atoms with Gasteiger partial charge < -0.3 is 15.3 Å². The number of hydrogen-bond acceptors (Lipinski definition) is 3. The zero-order valence-corrected chi connectivity index (χ0v) is 15.0. The second-order valence-corrected chi connectivity index (χ2v) is 7.92. The fraction of sp³-hybridized carbons (Fsp3) is 0.800. The lowest BCUT2D eigenvalue weighted by Gasteiger charge is -2.45. The first-order valence-electron chi connectivity index (χ1n) is 9.19. The molecule has 23 heavy (non-hydrogen) atoms. The van der Waals surface area contributed by atoms with Gasteiger partial charge >= 0.3 is 0 Å². The van der Waals surface area contributed by atoms with Crippen molar-refractivity contribution in [2.24, 2.45) is 23.2 Å². The van der Waals surface area contributed by atoms with Crippen LogP contribution < -0.4 is 0 Å². The van der Waals surface area contributed by atoms with Gasteiger partial charge in [0.15, 0.2) is 0 Å². The number of aliphatic hydroxyl groups is 3. The molecule has 0 aliphatic heterocycles. The van der Waals surface area contributed by atoms with Gasteiger partial charge in [-0.15, -0.1) is 0 Å². The lowest BCUT2D eigenvalue weighted by Crippen LogP contribution is -2.40. The van der Waals surface area contributed by atoms with Crippen LogP contribution in [0.5, 0.6) is 0 Å². The lowest BCUT2D eigenvalue weighted by atomic mass is 9.60. The number of hydrogen-bond donors (Lipinski definition) is 3. The van der Waals surface area contributed by atoms with E-state index in [0.29, 0.717) is 17.8 Å². The highest BCUT2D eigenvalue weighted by Gasteiger charge is 2.50. The standard InChI is InChI=1S/C20H34O3/c1-14(5-4-6-17(12-21)13-22)18-8-7-16(3)20(18)10-9-15(2)19(23)11-20/h6,9,14,16,18-19,21-23H,4-5,7-8,10-13H2,1-3H3. The second kappa shape index (κ2) is 7.96.